The summed E-state index contributed by atoms with van der Waals surface area (Å²) >= 11 is 0. The number of hydrogen-bond acceptors (Lipinski definition) is 5. The highest BCUT2D eigenvalue weighted by atomic mass is 16.2. The normalized spacial score (nSPS) is 17.1. The van der Waals surface area contributed by atoms with E-state index < -0.39 is 0 Å². The summed E-state index contributed by atoms with van der Waals surface area (Å²) < 4.78 is 0. The van der Waals surface area contributed by atoms with Crippen molar-refractivity contribution in [2.24, 2.45) is 0 Å². The maximum absolute atomic E-state index is 12.0. The molecule has 1 aromatic heterocycles. The molecule has 0 aliphatic carbocycles. The second kappa shape index (κ2) is 5.75. The van der Waals surface area contributed by atoms with Gasteiger partial charge in [-0.2, -0.15) is 0 Å². The second-order valence-electron chi connectivity index (χ2n) is 6.27. The Hall–Kier alpha value is -1.69. The minimum Gasteiger partial charge on any atom is -0.353 e. The van der Waals surface area contributed by atoms with E-state index >= 15 is 0 Å². The van der Waals surface area contributed by atoms with Crippen LogP contribution < -0.4 is 10.2 Å². The van der Waals surface area contributed by atoms with E-state index in [1.54, 1.807) is 6.07 Å². The van der Waals surface area contributed by atoms with E-state index in [9.17, 15) is 4.79 Å². The molecule has 1 aliphatic rings. The van der Waals surface area contributed by atoms with Crippen LogP contribution in [0.25, 0.3) is 0 Å². The first-order chi connectivity index (χ1) is 9.35. The zero-order chi connectivity index (χ0) is 14.8. The van der Waals surface area contributed by atoms with Crippen LogP contribution in [0.1, 0.15) is 31.3 Å². The third-order valence-electron chi connectivity index (χ3n) is 3.20. The van der Waals surface area contributed by atoms with Crippen LogP contribution in [0, 0.1) is 0 Å². The van der Waals surface area contributed by atoms with Gasteiger partial charge in [-0.25, -0.2) is 0 Å². The fraction of sp³-hybridized carbons (Fsp3) is 0.643. The Morgan fingerprint density at radius 1 is 1.15 bits per heavy atom. The molecule has 2 rings (SSSR count). The minimum atomic E-state index is -0.269. The number of anilines is 1. The summed E-state index contributed by atoms with van der Waals surface area (Å²) in [4.78, 5) is 16.4. The van der Waals surface area contributed by atoms with E-state index in [2.05, 4.69) is 32.4 Å². The van der Waals surface area contributed by atoms with Crippen molar-refractivity contribution in [1.29, 1.82) is 0 Å². The monoisotopic (exact) mass is 277 g/mol. The van der Waals surface area contributed by atoms with Crippen LogP contribution in [0.15, 0.2) is 12.1 Å². The molecule has 0 aromatic carbocycles. The Bertz CT molecular complexity index is 457. The number of piperazine rings is 1. The molecule has 1 aliphatic heterocycles. The van der Waals surface area contributed by atoms with Gasteiger partial charge in [0, 0.05) is 31.7 Å². The van der Waals surface area contributed by atoms with Crippen molar-refractivity contribution in [3.63, 3.8) is 0 Å². The van der Waals surface area contributed by atoms with Gasteiger partial charge in [0.05, 0.1) is 0 Å². The quantitative estimate of drug-likeness (QED) is 0.864. The molecule has 6 nitrogen and oxygen atoms in total. The van der Waals surface area contributed by atoms with Crippen LogP contribution >= 0.6 is 0 Å². The summed E-state index contributed by atoms with van der Waals surface area (Å²) in [5.41, 5.74) is 0.0901. The van der Waals surface area contributed by atoms with E-state index in [1.807, 2.05) is 26.8 Å². The molecule has 0 atom stereocenters. The smallest absolute Gasteiger partial charge is 0.272 e. The van der Waals surface area contributed by atoms with Crippen molar-refractivity contribution in [1.82, 2.24) is 20.4 Å². The predicted molar refractivity (Wildman–Crippen MR) is 79.0 cm³/mol. The van der Waals surface area contributed by atoms with Crippen molar-refractivity contribution in [3.8, 4) is 0 Å². The number of carbonyl (C=O) groups excluding carboxylic acids is 1. The van der Waals surface area contributed by atoms with Gasteiger partial charge >= 0.3 is 0 Å². The number of amides is 1. The van der Waals surface area contributed by atoms with Gasteiger partial charge in [-0.15, -0.1) is 10.2 Å². The molecule has 0 bridgehead atoms. The summed E-state index contributed by atoms with van der Waals surface area (Å²) in [6.45, 7) is 9.75. The number of aromatic nitrogens is 2. The number of likely N-dealkylation sites (N-methyl/N-ethyl adjacent to an activating group) is 1. The lowest BCUT2D eigenvalue weighted by Gasteiger charge is -2.32. The standard InChI is InChI=1S/C14H23N5O/c1-14(2,3)15-13(20)11-5-6-12(17-16-11)19-9-7-18(4)8-10-19/h5-6H,7-10H2,1-4H3,(H,15,20). The van der Waals surface area contributed by atoms with E-state index in [4.69, 9.17) is 0 Å². The lowest BCUT2D eigenvalue weighted by atomic mass is 10.1. The van der Waals surface area contributed by atoms with Gasteiger partial charge < -0.3 is 15.1 Å². The van der Waals surface area contributed by atoms with Crippen molar-refractivity contribution in [2.75, 3.05) is 38.1 Å². The third kappa shape index (κ3) is 3.90. The van der Waals surface area contributed by atoms with E-state index in [0.29, 0.717) is 5.69 Å². The van der Waals surface area contributed by atoms with Gasteiger partial charge in [-0.05, 0) is 40.0 Å². The molecule has 1 saturated heterocycles. The van der Waals surface area contributed by atoms with E-state index in [0.717, 1.165) is 32.0 Å². The number of rotatable bonds is 2. The highest BCUT2D eigenvalue weighted by Crippen LogP contribution is 2.12. The zero-order valence-electron chi connectivity index (χ0n) is 12.7. The first-order valence-electron chi connectivity index (χ1n) is 6.95. The van der Waals surface area contributed by atoms with Crippen molar-refractivity contribution in [2.45, 2.75) is 26.3 Å². The summed E-state index contributed by atoms with van der Waals surface area (Å²) in [5.74, 6) is 0.653. The maximum atomic E-state index is 12.0. The van der Waals surface area contributed by atoms with Gasteiger partial charge in [-0.1, -0.05) is 0 Å². The lowest BCUT2D eigenvalue weighted by Crippen LogP contribution is -2.45. The summed E-state index contributed by atoms with van der Waals surface area (Å²) in [6, 6.07) is 3.61. The van der Waals surface area contributed by atoms with Gasteiger partial charge in [0.15, 0.2) is 11.5 Å². The largest absolute Gasteiger partial charge is 0.353 e. The van der Waals surface area contributed by atoms with Gasteiger partial charge in [0.2, 0.25) is 0 Å². The number of carbonyl (C=O) groups is 1. The fourth-order valence-electron chi connectivity index (χ4n) is 2.06. The van der Waals surface area contributed by atoms with E-state index in [1.165, 1.54) is 0 Å². The second-order valence-corrected chi connectivity index (χ2v) is 6.27. The molecular formula is C14H23N5O. The zero-order valence-corrected chi connectivity index (χ0v) is 12.7. The SMILES string of the molecule is CN1CCN(c2ccc(C(=O)NC(C)(C)C)nn2)CC1. The summed E-state index contributed by atoms with van der Waals surface area (Å²) in [6.07, 6.45) is 0. The number of nitrogens with one attached hydrogen (secondary N) is 1. The molecule has 1 N–H and O–H groups in total. The van der Waals surface area contributed by atoms with Crippen LogP contribution in [0.4, 0.5) is 5.82 Å². The Morgan fingerprint density at radius 3 is 2.30 bits per heavy atom. The van der Waals surface area contributed by atoms with Crippen molar-refractivity contribution < 1.29 is 4.79 Å². The Labute approximate surface area is 120 Å². The Kier molecular flexibility index (Phi) is 4.23. The average molecular weight is 277 g/mol. The number of hydrogen-bond donors (Lipinski definition) is 1. The third-order valence-corrected chi connectivity index (χ3v) is 3.20. The first-order valence-corrected chi connectivity index (χ1v) is 6.95. The van der Waals surface area contributed by atoms with Crippen LogP contribution in [-0.4, -0.2) is 59.8 Å². The molecular weight excluding hydrogens is 254 g/mol. The first kappa shape index (κ1) is 14.7. The highest BCUT2D eigenvalue weighted by Gasteiger charge is 2.19. The fourth-order valence-corrected chi connectivity index (χ4v) is 2.06. The number of nitrogens with zero attached hydrogens (tertiary/aromatic N) is 4. The molecule has 0 radical (unpaired) electrons. The minimum absolute atomic E-state index is 0.185. The predicted octanol–water partition coefficient (Wildman–Crippen LogP) is 0.757. The summed E-state index contributed by atoms with van der Waals surface area (Å²) in [7, 11) is 2.11. The van der Waals surface area contributed by atoms with Crippen LogP contribution in [0.3, 0.4) is 0 Å². The molecule has 2 heterocycles. The summed E-state index contributed by atoms with van der Waals surface area (Å²) in [5, 5.41) is 11.1. The molecule has 1 aromatic rings. The van der Waals surface area contributed by atoms with Crippen LogP contribution in [0.5, 0.6) is 0 Å². The molecule has 20 heavy (non-hydrogen) atoms. The van der Waals surface area contributed by atoms with Crippen molar-refractivity contribution in [3.05, 3.63) is 17.8 Å². The molecule has 1 amide bonds. The highest BCUT2D eigenvalue weighted by molar-refractivity contribution is 5.92. The maximum Gasteiger partial charge on any atom is 0.272 e. The van der Waals surface area contributed by atoms with Crippen molar-refractivity contribution >= 4 is 11.7 Å². The Morgan fingerprint density at radius 2 is 1.80 bits per heavy atom. The Balaban J connectivity index is 2.01. The van der Waals surface area contributed by atoms with Gasteiger partial charge in [0.25, 0.3) is 5.91 Å². The molecule has 0 unspecified atom stereocenters. The average Bonchev–Trinajstić information content (AvgIpc) is 2.38. The van der Waals surface area contributed by atoms with E-state index in [-0.39, 0.29) is 11.4 Å². The lowest BCUT2D eigenvalue weighted by molar-refractivity contribution is 0.0913. The molecule has 6 heteroatoms. The van der Waals surface area contributed by atoms with Crippen LogP contribution in [0.2, 0.25) is 0 Å². The topological polar surface area (TPSA) is 61.4 Å². The van der Waals surface area contributed by atoms with Crippen LogP contribution in [-0.2, 0) is 0 Å². The molecule has 0 saturated carbocycles. The van der Waals surface area contributed by atoms with Gasteiger partial charge in [0.1, 0.15) is 0 Å². The molecule has 1 fully saturated rings. The van der Waals surface area contributed by atoms with Gasteiger partial charge in [-0.3, -0.25) is 4.79 Å². The molecule has 0 spiro atoms. The molecule has 110 valence electrons.